The van der Waals surface area contributed by atoms with Gasteiger partial charge in [0.2, 0.25) is 5.56 Å². The molecule has 1 aromatic heterocycles. The number of hydrogen-bond acceptors (Lipinski definition) is 3. The van der Waals surface area contributed by atoms with Crippen LogP contribution in [0.2, 0.25) is 0 Å². The number of unbranched alkanes of at least 4 members (excludes halogenated alkanes) is 1. The second kappa shape index (κ2) is 14.9. The lowest BCUT2D eigenvalue weighted by molar-refractivity contribution is 0.0277. The van der Waals surface area contributed by atoms with Crippen LogP contribution in [0.15, 0.2) is 34.2 Å². The van der Waals surface area contributed by atoms with Crippen LogP contribution in [0, 0.1) is 0 Å². The van der Waals surface area contributed by atoms with Crippen LogP contribution in [0.4, 0.5) is 0 Å². The summed E-state index contributed by atoms with van der Waals surface area (Å²) in [5.41, 5.74) is 0.0633. The topological polar surface area (TPSA) is 67.7 Å². The number of pyridine rings is 1. The molecule has 1 aromatic rings. The second-order valence-electron chi connectivity index (χ2n) is 6.85. The van der Waals surface area contributed by atoms with Gasteiger partial charge in [0.25, 0.3) is 0 Å². The maximum atomic E-state index is 11.6. The third-order valence-corrected chi connectivity index (χ3v) is 4.76. The Kier molecular flexibility index (Phi) is 13.2. The SMILES string of the molecule is CN=C(NCCCCn1ccccc1=O)NCCCOC1CCCCC1.I. The first-order valence-corrected chi connectivity index (χ1v) is 10.0. The third kappa shape index (κ3) is 10.1. The lowest BCUT2D eigenvalue weighted by Gasteiger charge is -2.22. The van der Waals surface area contributed by atoms with E-state index in [0.29, 0.717) is 6.10 Å². The molecule has 1 saturated carbocycles. The van der Waals surface area contributed by atoms with E-state index in [9.17, 15) is 4.79 Å². The number of hydrogen-bond donors (Lipinski definition) is 2. The van der Waals surface area contributed by atoms with Crippen molar-refractivity contribution in [2.24, 2.45) is 4.99 Å². The van der Waals surface area contributed by atoms with Crippen molar-refractivity contribution in [3.05, 3.63) is 34.7 Å². The van der Waals surface area contributed by atoms with Crippen molar-refractivity contribution >= 4 is 29.9 Å². The molecule has 6 nitrogen and oxygen atoms in total. The van der Waals surface area contributed by atoms with Gasteiger partial charge in [0.15, 0.2) is 5.96 Å². The maximum absolute atomic E-state index is 11.6. The highest BCUT2D eigenvalue weighted by molar-refractivity contribution is 14.0. The largest absolute Gasteiger partial charge is 0.378 e. The van der Waals surface area contributed by atoms with E-state index in [-0.39, 0.29) is 29.5 Å². The number of halogens is 1. The van der Waals surface area contributed by atoms with Gasteiger partial charge in [0.05, 0.1) is 6.10 Å². The van der Waals surface area contributed by atoms with E-state index in [0.717, 1.165) is 51.5 Å². The summed E-state index contributed by atoms with van der Waals surface area (Å²) in [6.45, 7) is 3.29. The van der Waals surface area contributed by atoms with Gasteiger partial charge in [-0.25, -0.2) is 0 Å². The van der Waals surface area contributed by atoms with Crippen molar-refractivity contribution in [3.63, 3.8) is 0 Å². The zero-order chi connectivity index (χ0) is 18.5. The number of nitrogens with one attached hydrogen (secondary N) is 2. The van der Waals surface area contributed by atoms with Crippen LogP contribution in [0.3, 0.4) is 0 Å². The first-order chi connectivity index (χ1) is 12.8. The fourth-order valence-corrected chi connectivity index (χ4v) is 3.24. The van der Waals surface area contributed by atoms with E-state index in [1.54, 1.807) is 23.7 Å². The second-order valence-corrected chi connectivity index (χ2v) is 6.85. The summed E-state index contributed by atoms with van der Waals surface area (Å²) in [6.07, 6.45) is 11.7. The minimum absolute atomic E-state index is 0. The number of nitrogens with zero attached hydrogens (tertiary/aromatic N) is 2. The molecule has 1 fully saturated rings. The van der Waals surface area contributed by atoms with Crippen molar-refractivity contribution in [2.75, 3.05) is 26.7 Å². The molecular weight excluding hydrogens is 455 g/mol. The smallest absolute Gasteiger partial charge is 0.250 e. The first-order valence-electron chi connectivity index (χ1n) is 10.0. The molecule has 2 rings (SSSR count). The van der Waals surface area contributed by atoms with E-state index < -0.39 is 0 Å². The summed E-state index contributed by atoms with van der Waals surface area (Å²) >= 11 is 0. The summed E-state index contributed by atoms with van der Waals surface area (Å²) < 4.78 is 7.68. The highest BCUT2D eigenvalue weighted by Gasteiger charge is 2.12. The molecule has 1 aliphatic carbocycles. The summed E-state index contributed by atoms with van der Waals surface area (Å²) in [4.78, 5) is 15.9. The Morgan fingerprint density at radius 1 is 1.15 bits per heavy atom. The molecule has 0 atom stereocenters. The molecule has 154 valence electrons. The molecule has 0 radical (unpaired) electrons. The average molecular weight is 490 g/mol. The van der Waals surface area contributed by atoms with Gasteiger partial charge >= 0.3 is 0 Å². The zero-order valence-corrected chi connectivity index (χ0v) is 18.8. The van der Waals surface area contributed by atoms with E-state index in [1.807, 2.05) is 12.3 Å². The molecule has 0 spiro atoms. The first kappa shape index (κ1) is 23.9. The van der Waals surface area contributed by atoms with E-state index in [1.165, 1.54) is 32.1 Å². The van der Waals surface area contributed by atoms with Gasteiger partial charge in [-0.05, 0) is 38.2 Å². The predicted octanol–water partition coefficient (Wildman–Crippen LogP) is 3.15. The van der Waals surface area contributed by atoms with Crippen LogP contribution in [-0.2, 0) is 11.3 Å². The van der Waals surface area contributed by atoms with E-state index >= 15 is 0 Å². The Bertz CT molecular complexity index is 585. The van der Waals surface area contributed by atoms with Gasteiger partial charge in [0.1, 0.15) is 0 Å². The Balaban J connectivity index is 0.00000364. The van der Waals surface area contributed by atoms with Gasteiger partial charge in [-0.15, -0.1) is 24.0 Å². The molecule has 0 aromatic carbocycles. The van der Waals surface area contributed by atoms with Crippen molar-refractivity contribution in [3.8, 4) is 0 Å². The quantitative estimate of drug-likeness (QED) is 0.229. The monoisotopic (exact) mass is 490 g/mol. The Hall–Kier alpha value is -1.09. The molecule has 0 saturated heterocycles. The zero-order valence-electron chi connectivity index (χ0n) is 16.5. The number of aromatic nitrogens is 1. The summed E-state index contributed by atoms with van der Waals surface area (Å²) in [7, 11) is 1.79. The van der Waals surface area contributed by atoms with Gasteiger partial charge in [0, 0.05) is 45.6 Å². The van der Waals surface area contributed by atoms with Gasteiger partial charge < -0.3 is 19.9 Å². The molecule has 0 aliphatic heterocycles. The number of ether oxygens (including phenoxy) is 1. The normalized spacial score (nSPS) is 15.2. The van der Waals surface area contributed by atoms with Gasteiger partial charge in [-0.3, -0.25) is 9.79 Å². The van der Waals surface area contributed by atoms with Crippen LogP contribution < -0.4 is 16.2 Å². The molecule has 27 heavy (non-hydrogen) atoms. The Morgan fingerprint density at radius 3 is 2.59 bits per heavy atom. The van der Waals surface area contributed by atoms with E-state index in [2.05, 4.69) is 15.6 Å². The highest BCUT2D eigenvalue weighted by Crippen LogP contribution is 2.20. The molecule has 2 N–H and O–H groups in total. The number of aliphatic imine (C=N–C) groups is 1. The average Bonchev–Trinajstić information content (AvgIpc) is 2.68. The molecule has 0 unspecified atom stereocenters. The summed E-state index contributed by atoms with van der Waals surface area (Å²) in [6, 6.07) is 5.27. The van der Waals surface area contributed by atoms with Gasteiger partial charge in [-0.1, -0.05) is 25.3 Å². The summed E-state index contributed by atoms with van der Waals surface area (Å²) in [5, 5.41) is 6.65. The van der Waals surface area contributed by atoms with Crippen molar-refractivity contribution in [1.29, 1.82) is 0 Å². The molecule has 7 heteroatoms. The minimum atomic E-state index is 0. The fraction of sp³-hybridized carbons (Fsp3) is 0.700. The Morgan fingerprint density at radius 2 is 1.89 bits per heavy atom. The molecule has 0 bridgehead atoms. The lowest BCUT2D eigenvalue weighted by atomic mass is 9.98. The lowest BCUT2D eigenvalue weighted by Crippen LogP contribution is -2.38. The molecular formula is C20H35IN4O2. The minimum Gasteiger partial charge on any atom is -0.378 e. The maximum Gasteiger partial charge on any atom is 0.250 e. The molecule has 1 heterocycles. The number of rotatable bonds is 10. The third-order valence-electron chi connectivity index (χ3n) is 4.76. The van der Waals surface area contributed by atoms with Crippen molar-refractivity contribution in [1.82, 2.24) is 15.2 Å². The number of aryl methyl sites for hydroxylation is 1. The van der Waals surface area contributed by atoms with Crippen LogP contribution in [0.5, 0.6) is 0 Å². The number of guanidine groups is 1. The molecule has 1 aliphatic rings. The van der Waals surface area contributed by atoms with Crippen molar-refractivity contribution < 1.29 is 4.74 Å². The Labute approximate surface area is 180 Å². The molecule has 0 amide bonds. The van der Waals surface area contributed by atoms with Gasteiger partial charge in [-0.2, -0.15) is 0 Å². The fourth-order valence-electron chi connectivity index (χ4n) is 3.24. The van der Waals surface area contributed by atoms with Crippen molar-refractivity contribution in [2.45, 2.75) is 64.0 Å². The standard InChI is InChI=1S/C20H34N4O2.HI/c1-21-20(23-14-9-17-26-18-10-3-2-4-11-18)22-13-6-8-16-24-15-7-5-12-19(24)25;/h5,7,12,15,18H,2-4,6,8-11,13-14,16-17H2,1H3,(H2,21,22,23);1H. The van der Waals surface area contributed by atoms with Crippen LogP contribution in [0.25, 0.3) is 0 Å². The predicted molar refractivity (Wildman–Crippen MR) is 122 cm³/mol. The van der Waals surface area contributed by atoms with Crippen LogP contribution in [-0.4, -0.2) is 43.4 Å². The summed E-state index contributed by atoms with van der Waals surface area (Å²) in [5.74, 6) is 0.833. The van der Waals surface area contributed by atoms with Crippen LogP contribution >= 0.6 is 24.0 Å². The highest BCUT2D eigenvalue weighted by atomic mass is 127. The van der Waals surface area contributed by atoms with Crippen LogP contribution in [0.1, 0.15) is 51.4 Å². The van der Waals surface area contributed by atoms with E-state index in [4.69, 9.17) is 4.74 Å².